The van der Waals surface area contributed by atoms with Crippen molar-refractivity contribution in [1.82, 2.24) is 13.7 Å². The van der Waals surface area contributed by atoms with Crippen molar-refractivity contribution in [3.05, 3.63) is 187 Å². The highest BCUT2D eigenvalue weighted by atomic mass is 32.2. The van der Waals surface area contributed by atoms with E-state index in [1.807, 2.05) is 36.4 Å². The molecule has 0 aliphatic rings. The Balaban J connectivity index is 1.23. The SMILES string of the molecule is N#Cc1ccc(S(=O)(=O)c2ccc(-n3c4cc5c(cc4c4cc6c7ccccc7n(-c7ccccc7)c6cc43)c3ccccc3n5-c3ccccc3)cc2)c(C#N)c1. The lowest BCUT2D eigenvalue weighted by atomic mass is 10.1. The quantitative estimate of drug-likeness (QED) is 0.174. The molecule has 0 atom stereocenters. The van der Waals surface area contributed by atoms with Gasteiger partial charge in [0.05, 0.1) is 60.1 Å². The van der Waals surface area contributed by atoms with Crippen molar-refractivity contribution in [1.29, 1.82) is 10.5 Å². The number of rotatable bonds is 5. The molecule has 0 saturated heterocycles. The van der Waals surface area contributed by atoms with Crippen molar-refractivity contribution >= 4 is 75.3 Å². The van der Waals surface area contributed by atoms with Gasteiger partial charge in [0.1, 0.15) is 6.07 Å². The fourth-order valence-electron chi connectivity index (χ4n) is 8.75. The average molecular weight is 764 g/mol. The van der Waals surface area contributed by atoms with Gasteiger partial charge >= 0.3 is 0 Å². The number of benzene rings is 8. The Bertz CT molecular complexity index is 3530. The monoisotopic (exact) mass is 763 g/mol. The zero-order chi connectivity index (χ0) is 39.1. The van der Waals surface area contributed by atoms with Crippen LogP contribution in [0.15, 0.2) is 186 Å². The Hall–Kier alpha value is -7.91. The molecule has 0 saturated carbocycles. The van der Waals surface area contributed by atoms with Crippen LogP contribution in [0.5, 0.6) is 0 Å². The number of aromatic nitrogens is 3. The van der Waals surface area contributed by atoms with Crippen molar-refractivity contribution in [2.24, 2.45) is 0 Å². The molecular weight excluding hydrogens is 735 g/mol. The minimum atomic E-state index is -4.08. The van der Waals surface area contributed by atoms with E-state index in [-0.39, 0.29) is 20.9 Å². The van der Waals surface area contributed by atoms with Crippen LogP contribution in [-0.4, -0.2) is 22.1 Å². The molecule has 0 fully saturated rings. The van der Waals surface area contributed by atoms with E-state index in [2.05, 4.69) is 135 Å². The third-order valence-corrected chi connectivity index (χ3v) is 13.1. The molecule has 0 spiro atoms. The van der Waals surface area contributed by atoms with E-state index in [0.29, 0.717) is 0 Å². The molecule has 3 aromatic heterocycles. The number of para-hydroxylation sites is 4. The van der Waals surface area contributed by atoms with Crippen molar-refractivity contribution in [2.75, 3.05) is 0 Å². The summed E-state index contributed by atoms with van der Waals surface area (Å²) in [7, 11) is -4.08. The molecule has 0 aliphatic carbocycles. The first kappa shape index (κ1) is 33.4. The van der Waals surface area contributed by atoms with Gasteiger partial charge in [-0.2, -0.15) is 10.5 Å². The van der Waals surface area contributed by atoms with Crippen LogP contribution in [0.2, 0.25) is 0 Å². The van der Waals surface area contributed by atoms with Crippen LogP contribution >= 0.6 is 0 Å². The molecule has 3 heterocycles. The second-order valence-electron chi connectivity index (χ2n) is 14.4. The highest BCUT2D eigenvalue weighted by Gasteiger charge is 2.24. The molecule has 8 heteroatoms. The van der Waals surface area contributed by atoms with Crippen molar-refractivity contribution in [3.63, 3.8) is 0 Å². The largest absolute Gasteiger partial charge is 0.309 e. The van der Waals surface area contributed by atoms with Crippen LogP contribution in [0.3, 0.4) is 0 Å². The molecule has 0 aliphatic heterocycles. The summed E-state index contributed by atoms with van der Waals surface area (Å²) >= 11 is 0. The van der Waals surface area contributed by atoms with Gasteiger partial charge < -0.3 is 13.7 Å². The van der Waals surface area contributed by atoms with Crippen LogP contribution in [0.1, 0.15) is 11.1 Å². The Labute approximate surface area is 332 Å². The van der Waals surface area contributed by atoms with Gasteiger partial charge in [-0.1, -0.05) is 72.8 Å². The van der Waals surface area contributed by atoms with Crippen molar-refractivity contribution in [3.8, 4) is 29.2 Å². The van der Waals surface area contributed by atoms with Crippen LogP contribution in [-0.2, 0) is 9.84 Å². The van der Waals surface area contributed by atoms with Gasteiger partial charge in [-0.05, 0) is 103 Å². The summed E-state index contributed by atoms with van der Waals surface area (Å²) < 4.78 is 34.8. The lowest BCUT2D eigenvalue weighted by Crippen LogP contribution is -2.05. The summed E-state index contributed by atoms with van der Waals surface area (Å²) in [6.07, 6.45) is 0. The van der Waals surface area contributed by atoms with Crippen LogP contribution in [0, 0.1) is 22.7 Å². The van der Waals surface area contributed by atoms with Gasteiger partial charge in [0.15, 0.2) is 0 Å². The maximum absolute atomic E-state index is 14.0. The molecule has 11 rings (SSSR count). The van der Waals surface area contributed by atoms with Crippen molar-refractivity contribution < 1.29 is 8.42 Å². The van der Waals surface area contributed by atoms with Gasteiger partial charge in [-0.3, -0.25) is 0 Å². The second kappa shape index (κ2) is 12.6. The fraction of sp³-hybridized carbons (Fsp3) is 0. The Morgan fingerprint density at radius 1 is 0.379 bits per heavy atom. The summed E-state index contributed by atoms with van der Waals surface area (Å²) in [5.74, 6) is 0. The highest BCUT2D eigenvalue weighted by Crippen LogP contribution is 2.43. The first-order valence-corrected chi connectivity index (χ1v) is 20.3. The molecule has 58 heavy (non-hydrogen) atoms. The molecule has 0 N–H and O–H groups in total. The second-order valence-corrected chi connectivity index (χ2v) is 16.3. The summed E-state index contributed by atoms with van der Waals surface area (Å²) in [6.45, 7) is 0. The number of nitriles is 2. The Kier molecular flexibility index (Phi) is 7.24. The Morgan fingerprint density at radius 3 is 1.29 bits per heavy atom. The average Bonchev–Trinajstić information content (AvgIpc) is 3.89. The lowest BCUT2D eigenvalue weighted by Gasteiger charge is -2.12. The van der Waals surface area contributed by atoms with E-state index in [1.165, 1.54) is 18.2 Å². The maximum Gasteiger partial charge on any atom is 0.207 e. The fourth-order valence-corrected chi connectivity index (χ4v) is 10.1. The molecule has 0 unspecified atom stereocenters. The first-order valence-electron chi connectivity index (χ1n) is 18.8. The summed E-state index contributed by atoms with van der Waals surface area (Å²) in [6, 6.07) is 61.7. The predicted molar refractivity (Wildman–Crippen MR) is 231 cm³/mol. The normalized spacial score (nSPS) is 11.9. The zero-order valence-corrected chi connectivity index (χ0v) is 31.5. The van der Waals surface area contributed by atoms with Gasteiger partial charge in [0, 0.05) is 49.4 Å². The van der Waals surface area contributed by atoms with Crippen molar-refractivity contribution in [2.45, 2.75) is 9.79 Å². The number of nitrogens with zero attached hydrogens (tertiary/aromatic N) is 5. The van der Waals surface area contributed by atoms with E-state index in [0.717, 1.165) is 82.5 Å². The summed E-state index contributed by atoms with van der Waals surface area (Å²) in [5, 5.41) is 25.9. The molecule has 7 nitrogen and oxygen atoms in total. The number of sulfone groups is 1. The van der Waals surface area contributed by atoms with E-state index < -0.39 is 9.84 Å². The molecule has 0 bridgehead atoms. The number of fused-ring (bicyclic) bond motifs is 9. The van der Waals surface area contributed by atoms with Crippen LogP contribution < -0.4 is 0 Å². The van der Waals surface area contributed by atoms with Gasteiger partial charge in [0.2, 0.25) is 9.84 Å². The third-order valence-electron chi connectivity index (χ3n) is 11.3. The predicted octanol–water partition coefficient (Wildman–Crippen LogP) is 11.6. The first-order chi connectivity index (χ1) is 28.4. The smallest absolute Gasteiger partial charge is 0.207 e. The van der Waals surface area contributed by atoms with E-state index in [9.17, 15) is 18.9 Å². The standard InChI is InChI=1S/C50H29N5O2S/c51-30-32-19-24-50(33(25-32)31-52)58(56,57)37-22-20-36(21-23-37)55-48-28-46-40(38-15-7-9-17-44(38)53(46)34-11-3-1-4-12-34)26-42(48)43-27-41-39-16-8-10-18-45(39)54(47(41)29-49(43)55)35-13-5-2-6-14-35/h1-29H. The minimum Gasteiger partial charge on any atom is -0.309 e. The highest BCUT2D eigenvalue weighted by molar-refractivity contribution is 7.91. The molecule has 11 aromatic rings. The third kappa shape index (κ3) is 4.80. The molecule has 0 radical (unpaired) electrons. The van der Waals surface area contributed by atoms with Crippen LogP contribution in [0.25, 0.3) is 82.5 Å². The van der Waals surface area contributed by atoms with E-state index >= 15 is 0 Å². The molecule has 8 aromatic carbocycles. The summed E-state index contributed by atoms with van der Waals surface area (Å²) in [4.78, 5) is -0.0812. The maximum atomic E-state index is 14.0. The molecule has 0 amide bonds. The molecule has 272 valence electrons. The van der Waals surface area contributed by atoms with Gasteiger partial charge in [-0.25, -0.2) is 8.42 Å². The van der Waals surface area contributed by atoms with Gasteiger partial charge in [0.25, 0.3) is 0 Å². The lowest BCUT2D eigenvalue weighted by molar-refractivity contribution is 0.596. The Morgan fingerprint density at radius 2 is 0.810 bits per heavy atom. The van der Waals surface area contributed by atoms with Crippen LogP contribution in [0.4, 0.5) is 0 Å². The zero-order valence-electron chi connectivity index (χ0n) is 30.7. The van der Waals surface area contributed by atoms with Gasteiger partial charge in [-0.15, -0.1) is 0 Å². The van der Waals surface area contributed by atoms with E-state index in [4.69, 9.17) is 0 Å². The number of hydrogen-bond donors (Lipinski definition) is 0. The number of hydrogen-bond acceptors (Lipinski definition) is 4. The van der Waals surface area contributed by atoms with E-state index in [1.54, 1.807) is 12.1 Å². The molecular formula is C50H29N5O2S. The minimum absolute atomic E-state index is 0.0522. The topological polar surface area (TPSA) is 96.5 Å². The summed E-state index contributed by atoms with van der Waals surface area (Å²) in [5.41, 5.74) is 9.30.